The Labute approximate surface area is 197 Å². The molecule has 0 spiro atoms. The van der Waals surface area contributed by atoms with E-state index < -0.39 is 6.04 Å². The summed E-state index contributed by atoms with van der Waals surface area (Å²) >= 11 is 24.7. The van der Waals surface area contributed by atoms with Crippen LogP contribution in [0.3, 0.4) is 0 Å². The van der Waals surface area contributed by atoms with E-state index in [0.717, 1.165) is 12.0 Å². The second kappa shape index (κ2) is 11.8. The number of halogens is 4. The smallest absolute Gasteiger partial charge is 0.242 e. The summed E-state index contributed by atoms with van der Waals surface area (Å²) in [5.74, 6) is -0.451. The molecule has 0 heterocycles. The molecule has 0 aliphatic carbocycles. The summed E-state index contributed by atoms with van der Waals surface area (Å²) in [6, 6.07) is 9.61. The van der Waals surface area contributed by atoms with E-state index in [1.54, 1.807) is 41.3 Å². The van der Waals surface area contributed by atoms with Crippen LogP contribution in [0.1, 0.15) is 37.8 Å². The number of rotatable bonds is 9. The Balaban J connectivity index is 2.36. The van der Waals surface area contributed by atoms with Gasteiger partial charge >= 0.3 is 0 Å². The van der Waals surface area contributed by atoms with Crippen molar-refractivity contribution in [1.82, 2.24) is 10.2 Å². The zero-order chi connectivity index (χ0) is 22.3. The van der Waals surface area contributed by atoms with Crippen molar-refractivity contribution < 1.29 is 9.59 Å². The number of carbonyl (C=O) groups excluding carboxylic acids is 2. The second-order valence-corrected chi connectivity index (χ2v) is 8.49. The molecule has 0 fully saturated rings. The summed E-state index contributed by atoms with van der Waals surface area (Å²) in [5.41, 5.74) is 1.30. The van der Waals surface area contributed by atoms with Crippen molar-refractivity contribution in [2.75, 3.05) is 6.54 Å². The number of nitrogens with one attached hydrogen (secondary N) is 1. The van der Waals surface area contributed by atoms with Crippen LogP contribution in [0.25, 0.3) is 0 Å². The van der Waals surface area contributed by atoms with Gasteiger partial charge < -0.3 is 10.2 Å². The SMILES string of the molecule is CCCNC(=O)C(CC)N(Cc1ccc(Cl)c(Cl)c1)C(=O)Cc1c(Cl)cccc1Cl. The maximum atomic E-state index is 13.3. The van der Waals surface area contributed by atoms with Crippen LogP contribution in [0.5, 0.6) is 0 Å². The first-order chi connectivity index (χ1) is 14.3. The Bertz CT molecular complexity index is 884. The standard InChI is InChI=1S/C22H24Cl4N2O2/c1-3-10-27-22(30)20(4-2)28(13-14-8-9-18(25)19(26)11-14)21(29)12-15-16(23)6-5-7-17(15)24/h5-9,11,20H,3-4,10,12-13H2,1-2H3,(H,27,30). The lowest BCUT2D eigenvalue weighted by Gasteiger charge is -2.31. The van der Waals surface area contributed by atoms with E-state index in [0.29, 0.717) is 38.6 Å². The number of hydrogen-bond acceptors (Lipinski definition) is 2. The lowest BCUT2D eigenvalue weighted by Crippen LogP contribution is -2.49. The van der Waals surface area contributed by atoms with Crippen LogP contribution in [0.15, 0.2) is 36.4 Å². The minimum Gasteiger partial charge on any atom is -0.354 e. The second-order valence-electron chi connectivity index (χ2n) is 6.86. The topological polar surface area (TPSA) is 49.4 Å². The van der Waals surface area contributed by atoms with Crippen LogP contribution in [0.2, 0.25) is 20.1 Å². The van der Waals surface area contributed by atoms with Crippen LogP contribution in [0.4, 0.5) is 0 Å². The molecular weight excluding hydrogens is 466 g/mol. The van der Waals surface area contributed by atoms with Crippen LogP contribution in [-0.4, -0.2) is 29.3 Å². The van der Waals surface area contributed by atoms with Gasteiger partial charge in [-0.1, -0.05) is 72.4 Å². The molecule has 30 heavy (non-hydrogen) atoms. The monoisotopic (exact) mass is 488 g/mol. The van der Waals surface area contributed by atoms with Crippen LogP contribution in [0, 0.1) is 0 Å². The molecule has 2 aromatic rings. The third-order valence-electron chi connectivity index (χ3n) is 4.66. The van der Waals surface area contributed by atoms with Crippen LogP contribution in [-0.2, 0) is 22.6 Å². The first-order valence-corrected chi connectivity index (χ1v) is 11.2. The molecule has 4 nitrogen and oxygen atoms in total. The lowest BCUT2D eigenvalue weighted by atomic mass is 10.1. The van der Waals surface area contributed by atoms with Gasteiger partial charge in [0.15, 0.2) is 0 Å². The average molecular weight is 490 g/mol. The summed E-state index contributed by atoms with van der Waals surface area (Å²) in [7, 11) is 0. The van der Waals surface area contributed by atoms with Gasteiger partial charge in [-0.3, -0.25) is 9.59 Å². The predicted molar refractivity (Wildman–Crippen MR) is 125 cm³/mol. The molecule has 0 radical (unpaired) electrons. The van der Waals surface area contributed by atoms with Gasteiger partial charge in [-0.25, -0.2) is 0 Å². The first-order valence-electron chi connectivity index (χ1n) is 9.72. The molecule has 2 amide bonds. The highest BCUT2D eigenvalue weighted by Crippen LogP contribution is 2.27. The Morgan fingerprint density at radius 1 is 0.967 bits per heavy atom. The highest BCUT2D eigenvalue weighted by atomic mass is 35.5. The van der Waals surface area contributed by atoms with Crippen molar-refractivity contribution in [3.8, 4) is 0 Å². The number of nitrogens with zero attached hydrogens (tertiary/aromatic N) is 1. The minimum atomic E-state index is -0.639. The molecule has 2 aromatic carbocycles. The Kier molecular flexibility index (Phi) is 9.76. The molecule has 1 atom stereocenters. The number of benzene rings is 2. The fourth-order valence-electron chi connectivity index (χ4n) is 3.07. The average Bonchev–Trinajstić information content (AvgIpc) is 2.71. The summed E-state index contributed by atoms with van der Waals surface area (Å²) < 4.78 is 0. The first kappa shape index (κ1) is 24.8. The van der Waals surface area contributed by atoms with Crippen molar-refractivity contribution >= 4 is 58.2 Å². The zero-order valence-corrected chi connectivity index (χ0v) is 19.9. The Hall–Kier alpha value is -1.46. The van der Waals surface area contributed by atoms with Gasteiger partial charge in [-0.05, 0) is 48.2 Å². The predicted octanol–water partition coefficient (Wildman–Crippen LogP) is 6.18. The molecule has 2 rings (SSSR count). The van der Waals surface area contributed by atoms with Gasteiger partial charge in [0.05, 0.1) is 16.5 Å². The molecule has 1 unspecified atom stereocenters. The van der Waals surface area contributed by atoms with Gasteiger partial charge in [0.1, 0.15) is 6.04 Å². The molecular formula is C22H24Cl4N2O2. The number of carbonyl (C=O) groups is 2. The van der Waals surface area contributed by atoms with Crippen molar-refractivity contribution in [1.29, 1.82) is 0 Å². The van der Waals surface area contributed by atoms with Gasteiger partial charge in [0.2, 0.25) is 11.8 Å². The van der Waals surface area contributed by atoms with E-state index in [-0.39, 0.29) is 24.8 Å². The van der Waals surface area contributed by atoms with Gasteiger partial charge in [0, 0.05) is 23.1 Å². The molecule has 0 saturated carbocycles. The molecule has 0 bridgehead atoms. The van der Waals surface area contributed by atoms with Gasteiger partial charge in [-0.2, -0.15) is 0 Å². The van der Waals surface area contributed by atoms with Crippen LogP contribution < -0.4 is 5.32 Å². The Morgan fingerprint density at radius 3 is 2.20 bits per heavy atom. The van der Waals surface area contributed by atoms with Crippen molar-refractivity contribution in [3.63, 3.8) is 0 Å². The lowest BCUT2D eigenvalue weighted by molar-refractivity contribution is -0.140. The van der Waals surface area contributed by atoms with Gasteiger partial charge in [-0.15, -0.1) is 0 Å². The highest BCUT2D eigenvalue weighted by molar-refractivity contribution is 6.42. The maximum Gasteiger partial charge on any atom is 0.242 e. The quantitative estimate of drug-likeness (QED) is 0.457. The molecule has 0 aromatic heterocycles. The molecule has 1 N–H and O–H groups in total. The van der Waals surface area contributed by atoms with Crippen molar-refractivity contribution in [2.24, 2.45) is 0 Å². The zero-order valence-electron chi connectivity index (χ0n) is 16.9. The molecule has 0 saturated heterocycles. The fraction of sp³-hybridized carbons (Fsp3) is 0.364. The summed E-state index contributed by atoms with van der Waals surface area (Å²) in [5, 5.41) is 4.51. The van der Waals surface area contributed by atoms with E-state index in [9.17, 15) is 9.59 Å². The third-order valence-corrected chi connectivity index (χ3v) is 6.11. The maximum absolute atomic E-state index is 13.3. The largest absolute Gasteiger partial charge is 0.354 e. The van der Waals surface area contributed by atoms with E-state index in [1.807, 2.05) is 13.8 Å². The normalized spacial score (nSPS) is 11.8. The van der Waals surface area contributed by atoms with Crippen molar-refractivity contribution in [2.45, 2.75) is 45.7 Å². The summed E-state index contributed by atoms with van der Waals surface area (Å²) in [4.78, 5) is 27.6. The van der Waals surface area contributed by atoms with E-state index in [1.165, 1.54) is 0 Å². The molecule has 162 valence electrons. The minimum absolute atomic E-state index is 0.0165. The van der Waals surface area contributed by atoms with Crippen LogP contribution >= 0.6 is 46.4 Å². The highest BCUT2D eigenvalue weighted by Gasteiger charge is 2.29. The third kappa shape index (κ3) is 6.52. The summed E-state index contributed by atoms with van der Waals surface area (Å²) in [6.07, 6.45) is 1.24. The Morgan fingerprint density at radius 2 is 1.63 bits per heavy atom. The van der Waals surface area contributed by atoms with E-state index in [4.69, 9.17) is 46.4 Å². The van der Waals surface area contributed by atoms with E-state index in [2.05, 4.69) is 5.32 Å². The number of hydrogen-bond donors (Lipinski definition) is 1. The molecule has 0 aliphatic rings. The van der Waals surface area contributed by atoms with Crippen molar-refractivity contribution in [3.05, 3.63) is 67.6 Å². The number of amides is 2. The fourth-order valence-corrected chi connectivity index (χ4v) is 3.93. The van der Waals surface area contributed by atoms with E-state index >= 15 is 0 Å². The molecule has 0 aliphatic heterocycles. The summed E-state index contributed by atoms with van der Waals surface area (Å²) in [6.45, 7) is 4.59. The van der Waals surface area contributed by atoms with Gasteiger partial charge in [0.25, 0.3) is 0 Å². The molecule has 8 heteroatoms.